The van der Waals surface area contributed by atoms with Crippen LogP contribution in [0.1, 0.15) is 40.7 Å². The van der Waals surface area contributed by atoms with E-state index < -0.39 is 0 Å². The van der Waals surface area contributed by atoms with E-state index in [-0.39, 0.29) is 12.0 Å². The Bertz CT molecular complexity index is 480. The maximum atomic E-state index is 12.1. The lowest BCUT2D eigenvalue weighted by molar-refractivity contribution is 0.0816. The Kier molecular flexibility index (Phi) is 5.76. The lowest BCUT2D eigenvalue weighted by Crippen LogP contribution is -2.37. The number of hydrogen-bond acceptors (Lipinski definition) is 3. The van der Waals surface area contributed by atoms with Crippen LogP contribution < -0.4 is 5.32 Å². The van der Waals surface area contributed by atoms with Gasteiger partial charge in [-0.1, -0.05) is 17.7 Å². The minimum Gasteiger partial charge on any atom is -0.393 e. The molecule has 2 N–H and O–H groups in total. The first-order valence-electron chi connectivity index (χ1n) is 7.82. The van der Waals surface area contributed by atoms with E-state index in [4.69, 9.17) is 0 Å². The van der Waals surface area contributed by atoms with Crippen LogP contribution in [0.25, 0.3) is 0 Å². The van der Waals surface area contributed by atoms with Crippen molar-refractivity contribution in [2.24, 2.45) is 0 Å². The molecule has 4 nitrogen and oxygen atoms in total. The average molecular weight is 290 g/mol. The maximum absolute atomic E-state index is 12.1. The molecule has 21 heavy (non-hydrogen) atoms. The number of hydrogen-bond donors (Lipinski definition) is 2. The van der Waals surface area contributed by atoms with E-state index in [0.717, 1.165) is 50.0 Å². The van der Waals surface area contributed by atoms with Crippen molar-refractivity contribution in [1.82, 2.24) is 10.2 Å². The minimum absolute atomic E-state index is 0.0153. The number of carbonyl (C=O) groups is 1. The van der Waals surface area contributed by atoms with Gasteiger partial charge < -0.3 is 15.3 Å². The molecule has 1 aromatic rings. The van der Waals surface area contributed by atoms with Gasteiger partial charge in [-0.25, -0.2) is 0 Å². The van der Waals surface area contributed by atoms with Gasteiger partial charge in [0.25, 0.3) is 5.91 Å². The zero-order chi connectivity index (χ0) is 15.2. The third-order valence-corrected chi connectivity index (χ3v) is 4.12. The van der Waals surface area contributed by atoms with Crippen molar-refractivity contribution < 1.29 is 9.90 Å². The van der Waals surface area contributed by atoms with Crippen molar-refractivity contribution >= 4 is 5.91 Å². The molecule has 116 valence electrons. The molecule has 0 atom stereocenters. The van der Waals surface area contributed by atoms with Gasteiger partial charge in [-0.05, 0) is 51.3 Å². The van der Waals surface area contributed by atoms with E-state index in [1.54, 1.807) is 0 Å². The van der Waals surface area contributed by atoms with E-state index in [9.17, 15) is 9.90 Å². The largest absolute Gasteiger partial charge is 0.393 e. The molecule has 0 spiro atoms. The van der Waals surface area contributed by atoms with Crippen LogP contribution >= 0.6 is 0 Å². The second-order valence-corrected chi connectivity index (χ2v) is 6.00. The molecule has 0 radical (unpaired) electrons. The summed E-state index contributed by atoms with van der Waals surface area (Å²) in [5.74, 6) is 0.0153. The summed E-state index contributed by atoms with van der Waals surface area (Å²) in [6.45, 7) is 7.62. The molecular formula is C17H26N2O2. The number of rotatable bonds is 5. The number of amides is 1. The van der Waals surface area contributed by atoms with Crippen LogP contribution in [0.5, 0.6) is 0 Å². The van der Waals surface area contributed by atoms with Crippen molar-refractivity contribution in [3.05, 3.63) is 34.9 Å². The molecule has 1 heterocycles. The van der Waals surface area contributed by atoms with Crippen LogP contribution in [0.15, 0.2) is 18.2 Å². The number of carbonyl (C=O) groups excluding carboxylic acids is 1. The number of benzene rings is 1. The first-order valence-corrected chi connectivity index (χ1v) is 7.82. The number of aliphatic hydroxyl groups excluding tert-OH is 1. The van der Waals surface area contributed by atoms with Gasteiger partial charge in [0, 0.05) is 25.2 Å². The zero-order valence-corrected chi connectivity index (χ0v) is 13.1. The average Bonchev–Trinajstić information content (AvgIpc) is 2.45. The Morgan fingerprint density at radius 2 is 2.05 bits per heavy atom. The number of piperidine rings is 1. The molecule has 2 rings (SSSR count). The van der Waals surface area contributed by atoms with Gasteiger partial charge in [0.2, 0.25) is 0 Å². The van der Waals surface area contributed by atoms with Crippen LogP contribution in [0.2, 0.25) is 0 Å². The van der Waals surface area contributed by atoms with Gasteiger partial charge in [0.15, 0.2) is 0 Å². The molecule has 0 aliphatic carbocycles. The highest BCUT2D eigenvalue weighted by Gasteiger charge is 2.16. The molecule has 0 aromatic heterocycles. The molecule has 1 aliphatic rings. The van der Waals surface area contributed by atoms with E-state index >= 15 is 0 Å². The fraction of sp³-hybridized carbons (Fsp3) is 0.588. The summed E-state index contributed by atoms with van der Waals surface area (Å²) < 4.78 is 0. The SMILES string of the molecule is Cc1ccc(C(=O)NCCCN2CCC(O)CC2)c(C)c1. The number of aryl methyl sites for hydroxylation is 2. The van der Waals surface area contributed by atoms with E-state index in [1.807, 2.05) is 32.0 Å². The van der Waals surface area contributed by atoms with Gasteiger partial charge in [-0.2, -0.15) is 0 Å². The van der Waals surface area contributed by atoms with Crippen LogP contribution in [0.4, 0.5) is 0 Å². The second kappa shape index (κ2) is 7.57. The van der Waals surface area contributed by atoms with E-state index in [0.29, 0.717) is 6.54 Å². The summed E-state index contributed by atoms with van der Waals surface area (Å²) in [6, 6.07) is 5.90. The van der Waals surface area contributed by atoms with E-state index in [2.05, 4.69) is 10.2 Å². The van der Waals surface area contributed by atoms with Gasteiger partial charge in [-0.3, -0.25) is 4.79 Å². The number of likely N-dealkylation sites (tertiary alicyclic amines) is 1. The highest BCUT2D eigenvalue weighted by molar-refractivity contribution is 5.95. The lowest BCUT2D eigenvalue weighted by Gasteiger charge is -2.29. The lowest BCUT2D eigenvalue weighted by atomic mass is 10.1. The van der Waals surface area contributed by atoms with E-state index in [1.165, 1.54) is 5.56 Å². The molecule has 0 bridgehead atoms. The molecular weight excluding hydrogens is 264 g/mol. The van der Waals surface area contributed by atoms with Crippen molar-refractivity contribution in [3.8, 4) is 0 Å². The molecule has 0 saturated carbocycles. The molecule has 1 fully saturated rings. The summed E-state index contributed by atoms with van der Waals surface area (Å²) >= 11 is 0. The molecule has 1 amide bonds. The third kappa shape index (κ3) is 4.83. The smallest absolute Gasteiger partial charge is 0.251 e. The number of nitrogens with one attached hydrogen (secondary N) is 1. The molecule has 1 aliphatic heterocycles. The van der Waals surface area contributed by atoms with Crippen molar-refractivity contribution in [2.45, 2.75) is 39.2 Å². The Morgan fingerprint density at radius 1 is 1.33 bits per heavy atom. The van der Waals surface area contributed by atoms with Crippen molar-refractivity contribution in [3.63, 3.8) is 0 Å². The van der Waals surface area contributed by atoms with Crippen molar-refractivity contribution in [2.75, 3.05) is 26.2 Å². The first-order chi connectivity index (χ1) is 10.1. The Balaban J connectivity index is 1.69. The number of aliphatic hydroxyl groups is 1. The Morgan fingerprint density at radius 3 is 2.71 bits per heavy atom. The normalized spacial score (nSPS) is 16.9. The van der Waals surface area contributed by atoms with Crippen LogP contribution in [0, 0.1) is 13.8 Å². The fourth-order valence-electron chi connectivity index (χ4n) is 2.81. The highest BCUT2D eigenvalue weighted by Crippen LogP contribution is 2.11. The van der Waals surface area contributed by atoms with Crippen LogP contribution in [-0.2, 0) is 0 Å². The predicted molar refractivity (Wildman–Crippen MR) is 84.5 cm³/mol. The van der Waals surface area contributed by atoms with Gasteiger partial charge in [0.1, 0.15) is 0 Å². The second-order valence-electron chi connectivity index (χ2n) is 6.00. The fourth-order valence-corrected chi connectivity index (χ4v) is 2.81. The van der Waals surface area contributed by atoms with Crippen LogP contribution in [0.3, 0.4) is 0 Å². The van der Waals surface area contributed by atoms with Gasteiger partial charge in [0.05, 0.1) is 6.10 Å². The zero-order valence-electron chi connectivity index (χ0n) is 13.1. The monoisotopic (exact) mass is 290 g/mol. The van der Waals surface area contributed by atoms with Crippen molar-refractivity contribution in [1.29, 1.82) is 0 Å². The van der Waals surface area contributed by atoms with Gasteiger partial charge in [-0.15, -0.1) is 0 Å². The summed E-state index contributed by atoms with van der Waals surface area (Å²) in [7, 11) is 0. The molecule has 0 unspecified atom stereocenters. The summed E-state index contributed by atoms with van der Waals surface area (Å²) in [4.78, 5) is 14.5. The predicted octanol–water partition coefficient (Wildman–Crippen LogP) is 1.88. The minimum atomic E-state index is -0.120. The third-order valence-electron chi connectivity index (χ3n) is 4.12. The van der Waals surface area contributed by atoms with Gasteiger partial charge >= 0.3 is 0 Å². The van der Waals surface area contributed by atoms with Crippen LogP contribution in [-0.4, -0.2) is 48.2 Å². The Hall–Kier alpha value is -1.39. The quantitative estimate of drug-likeness (QED) is 0.814. The first kappa shape index (κ1) is 16.0. The highest BCUT2D eigenvalue weighted by atomic mass is 16.3. The standard InChI is InChI=1S/C17H26N2O2/c1-13-4-5-16(14(2)12-13)17(21)18-8-3-9-19-10-6-15(20)7-11-19/h4-5,12,15,20H,3,6-11H2,1-2H3,(H,18,21). The molecule has 4 heteroatoms. The summed E-state index contributed by atoms with van der Waals surface area (Å²) in [6.07, 6.45) is 2.57. The molecule has 1 saturated heterocycles. The summed E-state index contributed by atoms with van der Waals surface area (Å²) in [5.41, 5.74) is 2.97. The number of nitrogens with zero attached hydrogens (tertiary/aromatic N) is 1. The maximum Gasteiger partial charge on any atom is 0.251 e. The summed E-state index contributed by atoms with van der Waals surface area (Å²) in [5, 5.41) is 12.5. The topological polar surface area (TPSA) is 52.6 Å². The molecule has 1 aromatic carbocycles. The Labute approximate surface area is 127 Å².